The highest BCUT2D eigenvalue weighted by molar-refractivity contribution is 7.92. The zero-order valence-corrected chi connectivity index (χ0v) is 13.9. The minimum Gasteiger partial charge on any atom is -0.229 e. The van der Waals surface area contributed by atoms with E-state index in [1.807, 2.05) is 0 Å². The van der Waals surface area contributed by atoms with E-state index < -0.39 is 19.9 Å². The Morgan fingerprint density at radius 3 is 2.38 bits per heavy atom. The van der Waals surface area contributed by atoms with Gasteiger partial charge in [-0.05, 0) is 36.5 Å². The van der Waals surface area contributed by atoms with E-state index in [-0.39, 0.29) is 28.2 Å². The molecule has 2 heterocycles. The highest BCUT2D eigenvalue weighted by Crippen LogP contribution is 2.36. The molecule has 0 atom stereocenters. The fraction of sp³-hybridized carbons (Fsp3) is 0.538. The fourth-order valence-electron chi connectivity index (χ4n) is 2.85. The van der Waals surface area contributed by atoms with E-state index in [0.29, 0.717) is 23.7 Å². The van der Waals surface area contributed by atoms with Crippen LogP contribution in [0, 0.1) is 18.8 Å². The van der Waals surface area contributed by atoms with Gasteiger partial charge in [-0.25, -0.2) is 16.8 Å². The molecule has 0 aromatic heterocycles. The van der Waals surface area contributed by atoms with Gasteiger partial charge in [0.1, 0.15) is 0 Å². The van der Waals surface area contributed by atoms with E-state index in [1.54, 1.807) is 25.1 Å². The van der Waals surface area contributed by atoms with Crippen LogP contribution in [0.2, 0.25) is 5.02 Å². The Bertz CT molecular complexity index is 770. The molecule has 0 amide bonds. The maximum Gasteiger partial charge on any atom is 0.243 e. The smallest absolute Gasteiger partial charge is 0.229 e. The normalized spacial score (nSPS) is 23.5. The van der Waals surface area contributed by atoms with Gasteiger partial charge in [-0.1, -0.05) is 17.7 Å². The fourth-order valence-corrected chi connectivity index (χ4v) is 6.63. The van der Waals surface area contributed by atoms with E-state index in [1.165, 1.54) is 4.31 Å². The van der Waals surface area contributed by atoms with Gasteiger partial charge in [-0.3, -0.25) is 0 Å². The molecule has 0 aliphatic carbocycles. The first-order valence-electron chi connectivity index (χ1n) is 6.66. The number of nitrogens with zero attached hydrogens (tertiary/aromatic N) is 1. The maximum absolute atomic E-state index is 12.5. The summed E-state index contributed by atoms with van der Waals surface area (Å²) in [5.74, 6) is 0.661. The molecular formula is C13H16ClNO4S2. The average molecular weight is 350 g/mol. The Kier molecular flexibility index (Phi) is 3.59. The van der Waals surface area contributed by atoms with Crippen molar-refractivity contribution < 1.29 is 16.8 Å². The largest absolute Gasteiger partial charge is 0.243 e. The van der Waals surface area contributed by atoms with Crippen LogP contribution in [0.4, 0.5) is 0 Å². The summed E-state index contributed by atoms with van der Waals surface area (Å²) in [5.41, 5.74) is 0.550. The molecule has 0 bridgehead atoms. The Labute approximate surface area is 129 Å². The molecule has 1 aromatic rings. The zero-order valence-electron chi connectivity index (χ0n) is 11.5. The summed E-state index contributed by atoms with van der Waals surface area (Å²) in [5, 5.41) is 0.429. The van der Waals surface area contributed by atoms with E-state index >= 15 is 0 Å². The summed E-state index contributed by atoms with van der Waals surface area (Å²) >= 11 is 5.98. The first-order valence-corrected chi connectivity index (χ1v) is 10.3. The van der Waals surface area contributed by atoms with E-state index in [2.05, 4.69) is 0 Å². The molecule has 2 aliphatic rings. The molecule has 116 valence electrons. The molecule has 0 saturated carbocycles. The van der Waals surface area contributed by atoms with Gasteiger partial charge in [0.15, 0.2) is 9.84 Å². The highest BCUT2D eigenvalue weighted by Gasteiger charge is 2.47. The molecular weight excluding hydrogens is 334 g/mol. The third kappa shape index (κ3) is 2.60. The van der Waals surface area contributed by atoms with Gasteiger partial charge in [-0.2, -0.15) is 4.31 Å². The third-order valence-corrected chi connectivity index (χ3v) is 8.57. The monoisotopic (exact) mass is 349 g/mol. The van der Waals surface area contributed by atoms with Crippen molar-refractivity contribution in [1.29, 1.82) is 0 Å². The lowest BCUT2D eigenvalue weighted by molar-refractivity contribution is 0.148. The SMILES string of the molecule is Cc1c(Cl)cccc1S(=O)(=O)N1CC(C2CS(=O)(=O)C2)C1. The number of benzene rings is 1. The Hall–Kier alpha value is -0.630. The molecule has 2 saturated heterocycles. The quantitative estimate of drug-likeness (QED) is 0.825. The van der Waals surface area contributed by atoms with E-state index in [9.17, 15) is 16.8 Å². The van der Waals surface area contributed by atoms with Crippen molar-refractivity contribution in [3.8, 4) is 0 Å². The summed E-state index contributed by atoms with van der Waals surface area (Å²) in [7, 11) is -6.39. The van der Waals surface area contributed by atoms with Crippen molar-refractivity contribution in [1.82, 2.24) is 4.31 Å². The third-order valence-electron chi connectivity index (χ3n) is 4.31. The van der Waals surface area contributed by atoms with Gasteiger partial charge < -0.3 is 0 Å². The molecule has 1 aromatic carbocycles. The molecule has 2 fully saturated rings. The number of halogens is 1. The number of rotatable bonds is 3. The first kappa shape index (κ1) is 15.3. The lowest BCUT2D eigenvalue weighted by Crippen LogP contribution is -2.57. The molecule has 5 nitrogen and oxygen atoms in total. The summed E-state index contributed by atoms with van der Waals surface area (Å²) in [4.78, 5) is 0.231. The lowest BCUT2D eigenvalue weighted by atomic mass is 9.90. The van der Waals surface area contributed by atoms with Crippen molar-refractivity contribution in [2.75, 3.05) is 24.6 Å². The second-order valence-electron chi connectivity index (χ2n) is 5.78. The Balaban J connectivity index is 1.73. The molecule has 0 N–H and O–H groups in total. The van der Waals surface area contributed by atoms with Crippen molar-refractivity contribution in [2.24, 2.45) is 11.8 Å². The van der Waals surface area contributed by atoms with Gasteiger partial charge in [0.25, 0.3) is 0 Å². The maximum atomic E-state index is 12.5. The average Bonchev–Trinajstić information content (AvgIpc) is 2.27. The molecule has 8 heteroatoms. The van der Waals surface area contributed by atoms with Gasteiger partial charge in [-0.15, -0.1) is 0 Å². The first-order chi connectivity index (χ1) is 9.71. The van der Waals surface area contributed by atoms with Crippen LogP contribution in [0.3, 0.4) is 0 Å². The van der Waals surface area contributed by atoms with Crippen molar-refractivity contribution in [3.63, 3.8) is 0 Å². The van der Waals surface area contributed by atoms with Crippen molar-refractivity contribution in [2.45, 2.75) is 11.8 Å². The van der Waals surface area contributed by atoms with Crippen LogP contribution < -0.4 is 0 Å². The number of hydrogen-bond donors (Lipinski definition) is 0. The Morgan fingerprint density at radius 2 is 1.81 bits per heavy atom. The molecule has 21 heavy (non-hydrogen) atoms. The van der Waals surface area contributed by atoms with Gasteiger partial charge in [0.2, 0.25) is 10.0 Å². The molecule has 0 spiro atoms. The summed E-state index contributed by atoms with van der Waals surface area (Å²) in [6, 6.07) is 4.84. The zero-order chi connectivity index (χ0) is 15.4. The topological polar surface area (TPSA) is 71.5 Å². The summed E-state index contributed by atoms with van der Waals surface area (Å²) < 4.78 is 48.8. The predicted molar refractivity (Wildman–Crippen MR) is 80.6 cm³/mol. The summed E-state index contributed by atoms with van der Waals surface area (Å²) in [6.07, 6.45) is 0. The van der Waals surface area contributed by atoms with Crippen LogP contribution in [0.5, 0.6) is 0 Å². The second kappa shape index (κ2) is 4.94. The van der Waals surface area contributed by atoms with Gasteiger partial charge in [0.05, 0.1) is 16.4 Å². The van der Waals surface area contributed by atoms with Gasteiger partial charge in [0, 0.05) is 18.1 Å². The molecule has 2 aliphatic heterocycles. The summed E-state index contributed by atoms with van der Waals surface area (Å²) in [6.45, 7) is 2.48. The molecule has 0 unspecified atom stereocenters. The Morgan fingerprint density at radius 1 is 1.19 bits per heavy atom. The second-order valence-corrected chi connectivity index (χ2v) is 10.2. The van der Waals surface area contributed by atoms with Crippen LogP contribution in [-0.2, 0) is 19.9 Å². The van der Waals surface area contributed by atoms with E-state index in [4.69, 9.17) is 11.6 Å². The minimum atomic E-state index is -3.54. The van der Waals surface area contributed by atoms with Crippen LogP contribution in [-0.4, -0.2) is 45.7 Å². The predicted octanol–water partition coefficient (Wildman–Crippen LogP) is 1.31. The minimum absolute atomic E-state index is 0.113. The van der Waals surface area contributed by atoms with Crippen LogP contribution in [0.1, 0.15) is 5.56 Å². The van der Waals surface area contributed by atoms with Crippen LogP contribution in [0.25, 0.3) is 0 Å². The molecule has 3 rings (SSSR count). The van der Waals surface area contributed by atoms with E-state index in [0.717, 1.165) is 0 Å². The number of sulfonamides is 1. The highest BCUT2D eigenvalue weighted by atomic mass is 35.5. The van der Waals surface area contributed by atoms with Crippen molar-refractivity contribution in [3.05, 3.63) is 28.8 Å². The lowest BCUT2D eigenvalue weighted by Gasteiger charge is -2.45. The van der Waals surface area contributed by atoms with Crippen molar-refractivity contribution >= 4 is 31.5 Å². The number of sulfone groups is 1. The van der Waals surface area contributed by atoms with Crippen LogP contribution in [0.15, 0.2) is 23.1 Å². The van der Waals surface area contributed by atoms with Crippen LogP contribution >= 0.6 is 11.6 Å². The molecule has 0 radical (unpaired) electrons. The number of hydrogen-bond acceptors (Lipinski definition) is 4. The standard InChI is InChI=1S/C13H16ClNO4S2/c1-9-12(14)3-2-4-13(9)21(18,19)15-5-10(6-15)11-7-20(16,17)8-11/h2-4,10-11H,5-8H2,1H3. The van der Waals surface area contributed by atoms with Gasteiger partial charge >= 0.3 is 0 Å².